The fraction of sp³-hybridized carbons (Fsp3) is 0.350. The van der Waals surface area contributed by atoms with E-state index in [4.69, 9.17) is 24.9 Å². The lowest BCUT2D eigenvalue weighted by Gasteiger charge is -2.18. The van der Waals surface area contributed by atoms with E-state index >= 15 is 0 Å². The van der Waals surface area contributed by atoms with Gasteiger partial charge in [-0.05, 0) is 25.6 Å². The minimum Gasteiger partial charge on any atom is -0.492 e. The van der Waals surface area contributed by atoms with Gasteiger partial charge in [0.05, 0.1) is 17.6 Å². The molecule has 4 rings (SSSR count). The second-order valence-corrected chi connectivity index (χ2v) is 6.36. The van der Waals surface area contributed by atoms with Gasteiger partial charge < -0.3 is 24.5 Å². The van der Waals surface area contributed by atoms with Gasteiger partial charge >= 0.3 is 0 Å². The predicted molar refractivity (Wildman–Crippen MR) is 100 cm³/mol. The van der Waals surface area contributed by atoms with Crippen molar-refractivity contribution in [3.05, 3.63) is 47.8 Å². The molecule has 2 N–H and O–H groups in total. The number of nitrogens with two attached hydrogens (primary N) is 1. The van der Waals surface area contributed by atoms with Gasteiger partial charge in [0.1, 0.15) is 31.4 Å². The summed E-state index contributed by atoms with van der Waals surface area (Å²) in [7, 11) is 0. The summed E-state index contributed by atoms with van der Waals surface area (Å²) in [6.07, 6.45) is 0.714. The molecular formula is C20H23N3O3. The Kier molecular flexibility index (Phi) is 4.67. The highest BCUT2D eigenvalue weighted by Crippen LogP contribution is 2.34. The first-order valence-electron chi connectivity index (χ1n) is 8.93. The van der Waals surface area contributed by atoms with Gasteiger partial charge in [-0.3, -0.25) is 0 Å². The van der Waals surface area contributed by atoms with Crippen LogP contribution in [0.1, 0.15) is 11.4 Å². The normalized spacial score (nSPS) is 13.2. The van der Waals surface area contributed by atoms with E-state index in [0.717, 1.165) is 34.1 Å². The van der Waals surface area contributed by atoms with Crippen LogP contribution in [0.4, 0.5) is 0 Å². The summed E-state index contributed by atoms with van der Waals surface area (Å²) in [5.41, 5.74) is 8.91. The van der Waals surface area contributed by atoms with E-state index in [0.29, 0.717) is 39.3 Å². The molecule has 0 amide bonds. The molecular weight excluding hydrogens is 330 g/mol. The van der Waals surface area contributed by atoms with E-state index in [-0.39, 0.29) is 0 Å². The van der Waals surface area contributed by atoms with Crippen LogP contribution in [0.2, 0.25) is 0 Å². The van der Waals surface area contributed by atoms with Gasteiger partial charge in [-0.15, -0.1) is 0 Å². The molecule has 0 spiro atoms. The van der Waals surface area contributed by atoms with Gasteiger partial charge in [0.15, 0.2) is 11.5 Å². The SMILES string of the molecule is Cc1ccc(OCCn2c(CCN)nc3cc4c(cc32)OCCO4)cc1. The van der Waals surface area contributed by atoms with Crippen LogP contribution in [-0.4, -0.2) is 35.9 Å². The van der Waals surface area contributed by atoms with E-state index in [1.807, 2.05) is 36.4 Å². The predicted octanol–water partition coefficient (Wildman–Crippen LogP) is 2.70. The smallest absolute Gasteiger partial charge is 0.163 e. The Morgan fingerprint density at radius 1 is 1.12 bits per heavy atom. The molecule has 0 saturated heterocycles. The Labute approximate surface area is 152 Å². The Morgan fingerprint density at radius 3 is 2.58 bits per heavy atom. The van der Waals surface area contributed by atoms with Crippen molar-refractivity contribution in [3.63, 3.8) is 0 Å². The molecule has 0 atom stereocenters. The van der Waals surface area contributed by atoms with Crippen molar-refractivity contribution in [2.75, 3.05) is 26.4 Å². The average Bonchev–Trinajstić information content (AvgIpc) is 2.98. The Balaban J connectivity index is 1.59. The quantitative estimate of drug-likeness (QED) is 0.738. The second-order valence-electron chi connectivity index (χ2n) is 6.36. The van der Waals surface area contributed by atoms with Crippen molar-refractivity contribution >= 4 is 11.0 Å². The number of benzene rings is 2. The van der Waals surface area contributed by atoms with Crippen LogP contribution in [0.25, 0.3) is 11.0 Å². The summed E-state index contributed by atoms with van der Waals surface area (Å²) < 4.78 is 19.4. The van der Waals surface area contributed by atoms with Crippen LogP contribution >= 0.6 is 0 Å². The molecule has 1 aliphatic heterocycles. The molecule has 0 aliphatic carbocycles. The fourth-order valence-corrected chi connectivity index (χ4v) is 3.17. The van der Waals surface area contributed by atoms with Crippen molar-refractivity contribution < 1.29 is 14.2 Å². The van der Waals surface area contributed by atoms with Crippen LogP contribution in [0, 0.1) is 6.92 Å². The maximum absolute atomic E-state index is 5.89. The zero-order chi connectivity index (χ0) is 17.9. The molecule has 0 fully saturated rings. The summed E-state index contributed by atoms with van der Waals surface area (Å²) >= 11 is 0. The Bertz CT molecular complexity index is 903. The topological polar surface area (TPSA) is 71.5 Å². The molecule has 0 radical (unpaired) electrons. The molecule has 1 aliphatic rings. The van der Waals surface area contributed by atoms with Gasteiger partial charge in [0.25, 0.3) is 0 Å². The third-order valence-corrected chi connectivity index (χ3v) is 4.46. The monoisotopic (exact) mass is 353 g/mol. The Hall–Kier alpha value is -2.73. The minimum atomic E-state index is 0.550. The summed E-state index contributed by atoms with van der Waals surface area (Å²) in [4.78, 5) is 4.74. The highest BCUT2D eigenvalue weighted by atomic mass is 16.6. The molecule has 2 heterocycles. The van der Waals surface area contributed by atoms with Crippen LogP contribution < -0.4 is 19.9 Å². The minimum absolute atomic E-state index is 0.550. The van der Waals surface area contributed by atoms with Crippen molar-refractivity contribution in [3.8, 4) is 17.2 Å². The Morgan fingerprint density at radius 2 is 1.85 bits per heavy atom. The third kappa shape index (κ3) is 3.32. The lowest BCUT2D eigenvalue weighted by Crippen LogP contribution is -2.16. The van der Waals surface area contributed by atoms with Crippen molar-refractivity contribution in [1.29, 1.82) is 0 Å². The number of rotatable bonds is 6. The van der Waals surface area contributed by atoms with Gasteiger partial charge in [0.2, 0.25) is 0 Å². The second kappa shape index (κ2) is 7.25. The maximum Gasteiger partial charge on any atom is 0.163 e. The zero-order valence-electron chi connectivity index (χ0n) is 14.9. The van der Waals surface area contributed by atoms with E-state index in [2.05, 4.69) is 11.5 Å². The molecule has 136 valence electrons. The molecule has 3 aromatic rings. The fourth-order valence-electron chi connectivity index (χ4n) is 3.17. The third-order valence-electron chi connectivity index (χ3n) is 4.46. The summed E-state index contributed by atoms with van der Waals surface area (Å²) in [5, 5.41) is 0. The summed E-state index contributed by atoms with van der Waals surface area (Å²) in [6, 6.07) is 12.0. The van der Waals surface area contributed by atoms with Crippen molar-refractivity contribution in [2.45, 2.75) is 19.9 Å². The van der Waals surface area contributed by atoms with Crippen molar-refractivity contribution in [2.24, 2.45) is 5.73 Å². The van der Waals surface area contributed by atoms with Crippen LogP contribution in [-0.2, 0) is 13.0 Å². The number of aromatic nitrogens is 2. The van der Waals surface area contributed by atoms with Gasteiger partial charge in [0, 0.05) is 18.6 Å². The number of aryl methyl sites for hydroxylation is 1. The van der Waals surface area contributed by atoms with Crippen LogP contribution in [0.5, 0.6) is 17.2 Å². The largest absolute Gasteiger partial charge is 0.492 e. The number of imidazole rings is 1. The first kappa shape index (κ1) is 16.7. The highest BCUT2D eigenvalue weighted by molar-refractivity contribution is 5.80. The van der Waals surface area contributed by atoms with E-state index in [1.165, 1.54) is 5.56 Å². The maximum atomic E-state index is 5.89. The van der Waals surface area contributed by atoms with Crippen LogP contribution in [0.15, 0.2) is 36.4 Å². The van der Waals surface area contributed by atoms with Crippen molar-refractivity contribution in [1.82, 2.24) is 9.55 Å². The molecule has 2 aromatic carbocycles. The van der Waals surface area contributed by atoms with Gasteiger partial charge in [-0.2, -0.15) is 0 Å². The number of ether oxygens (including phenoxy) is 3. The zero-order valence-corrected chi connectivity index (χ0v) is 14.9. The summed E-state index contributed by atoms with van der Waals surface area (Å²) in [6.45, 7) is 5.00. The lowest BCUT2D eigenvalue weighted by molar-refractivity contribution is 0.172. The molecule has 0 bridgehead atoms. The first-order valence-corrected chi connectivity index (χ1v) is 8.93. The molecule has 6 nitrogen and oxygen atoms in total. The summed E-state index contributed by atoms with van der Waals surface area (Å²) in [5.74, 6) is 3.35. The van der Waals surface area contributed by atoms with E-state index < -0.39 is 0 Å². The van der Waals surface area contributed by atoms with E-state index in [1.54, 1.807) is 0 Å². The number of fused-ring (bicyclic) bond motifs is 2. The lowest BCUT2D eigenvalue weighted by atomic mass is 10.2. The standard InChI is InChI=1S/C20H23N3O3/c1-14-2-4-15(5-3-14)24-9-8-23-17-13-19-18(25-10-11-26-19)12-16(17)22-20(23)6-7-21/h2-5,12-13H,6-11,21H2,1H3. The number of hydrogen-bond donors (Lipinski definition) is 1. The van der Waals surface area contributed by atoms with Gasteiger partial charge in [-0.25, -0.2) is 4.98 Å². The molecule has 0 unspecified atom stereocenters. The number of hydrogen-bond acceptors (Lipinski definition) is 5. The molecule has 1 aromatic heterocycles. The highest BCUT2D eigenvalue weighted by Gasteiger charge is 2.18. The molecule has 0 saturated carbocycles. The van der Waals surface area contributed by atoms with E-state index in [9.17, 15) is 0 Å². The van der Waals surface area contributed by atoms with Gasteiger partial charge in [-0.1, -0.05) is 17.7 Å². The average molecular weight is 353 g/mol. The molecule has 6 heteroatoms. The first-order chi connectivity index (χ1) is 12.7. The van der Waals surface area contributed by atoms with Crippen LogP contribution in [0.3, 0.4) is 0 Å². The molecule has 26 heavy (non-hydrogen) atoms. The number of nitrogens with zero attached hydrogens (tertiary/aromatic N) is 2.